The van der Waals surface area contributed by atoms with Crippen LogP contribution in [0.4, 0.5) is 4.79 Å². The summed E-state index contributed by atoms with van der Waals surface area (Å²) in [7, 11) is -0.680. The predicted octanol–water partition coefficient (Wildman–Crippen LogP) is 2.37. The summed E-state index contributed by atoms with van der Waals surface area (Å²) in [6.45, 7) is 4.94. The lowest BCUT2D eigenvalue weighted by Gasteiger charge is -2.39. The van der Waals surface area contributed by atoms with Gasteiger partial charge in [-0.1, -0.05) is 6.07 Å². The van der Waals surface area contributed by atoms with Crippen LogP contribution >= 0.6 is 0 Å². The topological polar surface area (TPSA) is 102 Å². The van der Waals surface area contributed by atoms with E-state index in [1.807, 2.05) is 0 Å². The Morgan fingerprint density at radius 2 is 1.77 bits per heavy atom. The monoisotopic (exact) mass is 389 g/mol. The number of carboxylic acid groups (broad SMARTS) is 1. The van der Waals surface area contributed by atoms with Crippen LogP contribution in [0.25, 0.3) is 0 Å². The van der Waals surface area contributed by atoms with E-state index < -0.39 is 27.8 Å². The molecule has 0 fully saturated rings. The van der Waals surface area contributed by atoms with E-state index in [1.54, 1.807) is 39.0 Å². The first-order valence-corrected chi connectivity index (χ1v) is 9.78. The van der Waals surface area contributed by atoms with Crippen LogP contribution in [-0.2, 0) is 20.7 Å². The molecule has 0 aliphatic heterocycles. The van der Waals surface area contributed by atoms with Crippen LogP contribution in [0.2, 0.25) is 0 Å². The fourth-order valence-corrected chi connectivity index (χ4v) is 3.10. The third kappa shape index (κ3) is 6.38. The SMILES string of the molecule is COc1ccc(C[C@@H](COS(C)(=O)=O)N(C(=O)O)C(C)(C)C)cc1OC. The lowest BCUT2D eigenvalue weighted by molar-refractivity contribution is 0.0523. The number of methoxy groups -OCH3 is 2. The van der Waals surface area contributed by atoms with E-state index in [2.05, 4.69) is 0 Å². The average Bonchev–Trinajstić information content (AvgIpc) is 2.49. The molecule has 1 aromatic carbocycles. The molecule has 1 atom stereocenters. The molecule has 1 aromatic rings. The molecule has 0 saturated heterocycles. The van der Waals surface area contributed by atoms with Crippen LogP contribution in [0.5, 0.6) is 11.5 Å². The van der Waals surface area contributed by atoms with Crippen molar-refractivity contribution in [3.8, 4) is 11.5 Å². The molecule has 26 heavy (non-hydrogen) atoms. The van der Waals surface area contributed by atoms with E-state index >= 15 is 0 Å². The smallest absolute Gasteiger partial charge is 0.408 e. The molecule has 9 heteroatoms. The zero-order chi connectivity index (χ0) is 20.1. The number of nitrogens with zero attached hydrogens (tertiary/aromatic N) is 1. The summed E-state index contributed by atoms with van der Waals surface area (Å²) in [6.07, 6.45) is 0.0299. The summed E-state index contributed by atoms with van der Waals surface area (Å²) >= 11 is 0. The van der Waals surface area contributed by atoms with Crippen molar-refractivity contribution in [3.63, 3.8) is 0 Å². The van der Waals surface area contributed by atoms with Gasteiger partial charge in [0, 0.05) is 5.54 Å². The Balaban J connectivity index is 3.21. The number of hydrogen-bond acceptors (Lipinski definition) is 6. The zero-order valence-corrected chi connectivity index (χ0v) is 16.8. The number of benzene rings is 1. The van der Waals surface area contributed by atoms with Crippen LogP contribution < -0.4 is 9.47 Å². The van der Waals surface area contributed by atoms with Crippen molar-refractivity contribution >= 4 is 16.2 Å². The van der Waals surface area contributed by atoms with Crippen molar-refractivity contribution in [2.75, 3.05) is 27.1 Å². The van der Waals surface area contributed by atoms with Gasteiger partial charge in [-0.25, -0.2) is 4.79 Å². The molecule has 0 saturated carbocycles. The third-order valence-electron chi connectivity index (χ3n) is 3.69. The number of rotatable bonds is 8. The Kier molecular flexibility index (Phi) is 7.28. The van der Waals surface area contributed by atoms with Gasteiger partial charge in [-0.05, 0) is 44.9 Å². The van der Waals surface area contributed by atoms with Gasteiger partial charge in [0.25, 0.3) is 10.1 Å². The molecule has 0 aliphatic rings. The van der Waals surface area contributed by atoms with Gasteiger partial charge in [-0.15, -0.1) is 0 Å². The highest BCUT2D eigenvalue weighted by Crippen LogP contribution is 2.29. The molecule has 0 aromatic heterocycles. The van der Waals surface area contributed by atoms with Crippen LogP contribution in [-0.4, -0.2) is 63.2 Å². The maximum Gasteiger partial charge on any atom is 0.408 e. The highest BCUT2D eigenvalue weighted by atomic mass is 32.2. The summed E-state index contributed by atoms with van der Waals surface area (Å²) in [4.78, 5) is 13.0. The van der Waals surface area contributed by atoms with Gasteiger partial charge in [0.15, 0.2) is 11.5 Å². The lowest BCUT2D eigenvalue weighted by atomic mass is 9.98. The molecule has 8 nitrogen and oxygen atoms in total. The van der Waals surface area contributed by atoms with Gasteiger partial charge >= 0.3 is 6.09 Å². The minimum Gasteiger partial charge on any atom is -0.493 e. The minimum absolute atomic E-state index is 0.249. The van der Waals surface area contributed by atoms with Gasteiger partial charge < -0.3 is 14.6 Å². The number of carbonyl (C=O) groups is 1. The molecule has 1 rings (SSSR count). The molecular formula is C17H27NO7S. The second-order valence-corrected chi connectivity index (χ2v) is 8.50. The minimum atomic E-state index is -3.70. The molecule has 1 amide bonds. The fourth-order valence-electron chi connectivity index (χ4n) is 2.70. The van der Waals surface area contributed by atoms with E-state index in [4.69, 9.17) is 13.7 Å². The summed E-state index contributed by atoms with van der Waals surface area (Å²) in [5.74, 6) is 1.05. The van der Waals surface area contributed by atoms with Crippen LogP contribution in [0.1, 0.15) is 26.3 Å². The standard InChI is InChI=1S/C17H27NO7S/c1-17(2,3)18(16(19)20)13(11-25-26(6,21)22)9-12-7-8-14(23-4)15(10-12)24-5/h7-8,10,13H,9,11H2,1-6H3,(H,19,20)/t13-/m0/s1. The van der Waals surface area contributed by atoms with Crippen molar-refractivity contribution in [1.82, 2.24) is 4.90 Å². The van der Waals surface area contributed by atoms with Crippen LogP contribution in [0, 0.1) is 0 Å². The fraction of sp³-hybridized carbons (Fsp3) is 0.588. The van der Waals surface area contributed by atoms with E-state index in [0.29, 0.717) is 11.5 Å². The quantitative estimate of drug-likeness (QED) is 0.681. The van der Waals surface area contributed by atoms with E-state index in [1.165, 1.54) is 19.1 Å². The molecule has 0 heterocycles. The second kappa shape index (κ2) is 8.59. The Morgan fingerprint density at radius 1 is 1.19 bits per heavy atom. The zero-order valence-electron chi connectivity index (χ0n) is 16.0. The molecule has 0 spiro atoms. The van der Waals surface area contributed by atoms with Gasteiger partial charge in [0.1, 0.15) is 0 Å². The maximum absolute atomic E-state index is 11.8. The largest absolute Gasteiger partial charge is 0.493 e. The lowest BCUT2D eigenvalue weighted by Crippen LogP contribution is -2.53. The molecule has 1 N–H and O–H groups in total. The van der Waals surface area contributed by atoms with Gasteiger partial charge in [-0.2, -0.15) is 8.42 Å². The van der Waals surface area contributed by atoms with Crippen molar-refractivity contribution in [2.45, 2.75) is 38.8 Å². The number of amides is 1. The predicted molar refractivity (Wildman–Crippen MR) is 97.5 cm³/mol. The highest BCUT2D eigenvalue weighted by molar-refractivity contribution is 7.85. The van der Waals surface area contributed by atoms with Crippen molar-refractivity contribution < 1.29 is 32.0 Å². The van der Waals surface area contributed by atoms with E-state index in [-0.39, 0.29) is 13.0 Å². The third-order valence-corrected chi connectivity index (χ3v) is 4.25. The Morgan fingerprint density at radius 3 is 2.19 bits per heavy atom. The number of hydrogen-bond donors (Lipinski definition) is 1. The van der Waals surface area contributed by atoms with Crippen molar-refractivity contribution in [1.29, 1.82) is 0 Å². The van der Waals surface area contributed by atoms with Gasteiger partial charge in [0.05, 0.1) is 33.1 Å². The average molecular weight is 389 g/mol. The Bertz CT molecular complexity index is 725. The van der Waals surface area contributed by atoms with Gasteiger partial charge in [0.2, 0.25) is 0 Å². The molecule has 0 unspecified atom stereocenters. The van der Waals surface area contributed by atoms with Crippen molar-refractivity contribution in [2.24, 2.45) is 0 Å². The Hall–Kier alpha value is -2.00. The van der Waals surface area contributed by atoms with E-state index in [0.717, 1.165) is 11.8 Å². The van der Waals surface area contributed by atoms with Gasteiger partial charge in [-0.3, -0.25) is 9.08 Å². The normalized spacial score (nSPS) is 13.2. The van der Waals surface area contributed by atoms with E-state index in [9.17, 15) is 18.3 Å². The molecule has 148 valence electrons. The van der Waals surface area contributed by atoms with Crippen LogP contribution in [0.3, 0.4) is 0 Å². The number of ether oxygens (including phenoxy) is 2. The Labute approximate surface area is 154 Å². The highest BCUT2D eigenvalue weighted by Gasteiger charge is 2.34. The molecule has 0 bridgehead atoms. The second-order valence-electron chi connectivity index (χ2n) is 6.86. The summed E-state index contributed by atoms with van der Waals surface area (Å²) in [5.41, 5.74) is 0.0220. The first-order chi connectivity index (χ1) is 11.9. The molecule has 0 radical (unpaired) electrons. The first kappa shape index (κ1) is 22.0. The van der Waals surface area contributed by atoms with Crippen molar-refractivity contribution in [3.05, 3.63) is 23.8 Å². The summed E-state index contributed by atoms with van der Waals surface area (Å²) < 4.78 is 38.1. The first-order valence-electron chi connectivity index (χ1n) is 7.96. The summed E-state index contributed by atoms with van der Waals surface area (Å²) in [5, 5.41) is 9.65. The summed E-state index contributed by atoms with van der Waals surface area (Å²) in [6, 6.07) is 4.51. The van der Waals surface area contributed by atoms with Crippen LogP contribution in [0.15, 0.2) is 18.2 Å². The molecule has 0 aliphatic carbocycles. The molecular weight excluding hydrogens is 362 g/mol. The maximum atomic E-state index is 11.8.